The first-order chi connectivity index (χ1) is 22.5. The van der Waals surface area contributed by atoms with Crippen molar-refractivity contribution in [1.82, 2.24) is 24.8 Å². The number of primary amides is 1. The third kappa shape index (κ3) is 7.16. The summed E-state index contributed by atoms with van der Waals surface area (Å²) in [5.41, 5.74) is 8.42. The van der Waals surface area contributed by atoms with E-state index in [1.165, 1.54) is 5.06 Å². The lowest BCUT2D eigenvalue weighted by atomic mass is 9.92. The number of hydrogen-bond acceptors (Lipinski definition) is 9. The zero-order chi connectivity index (χ0) is 33.1. The quantitative estimate of drug-likeness (QED) is 0.188. The number of hydroxylamine groups is 2. The highest BCUT2D eigenvalue weighted by Gasteiger charge is 2.30. The molecule has 0 spiro atoms. The Morgan fingerprint density at radius 2 is 1.77 bits per heavy atom. The molecule has 3 heterocycles. The van der Waals surface area contributed by atoms with Gasteiger partial charge in [0.2, 0.25) is 5.88 Å². The maximum absolute atomic E-state index is 13.4. The molecule has 6 rings (SSSR count). The van der Waals surface area contributed by atoms with E-state index in [1.807, 2.05) is 61.5 Å². The predicted octanol–water partition coefficient (Wildman–Crippen LogP) is 6.24. The third-order valence-electron chi connectivity index (χ3n) is 7.58. The van der Waals surface area contributed by atoms with Crippen LogP contribution < -0.4 is 21.1 Å². The Kier molecular flexibility index (Phi) is 8.74. The van der Waals surface area contributed by atoms with Gasteiger partial charge in [0.25, 0.3) is 0 Å². The van der Waals surface area contributed by atoms with Gasteiger partial charge in [0.15, 0.2) is 5.82 Å². The van der Waals surface area contributed by atoms with Crippen LogP contribution in [0.25, 0.3) is 16.5 Å². The van der Waals surface area contributed by atoms with Crippen molar-refractivity contribution >= 4 is 34.4 Å². The number of rotatable bonds is 7. The highest BCUT2D eigenvalue weighted by molar-refractivity contribution is 6.07. The first-order valence-corrected chi connectivity index (χ1v) is 15.1. The van der Waals surface area contributed by atoms with Crippen LogP contribution in [0, 0.1) is 6.92 Å². The fraction of sp³-hybridized carbons (Fsp3) is 0.265. The van der Waals surface area contributed by atoms with E-state index in [-0.39, 0.29) is 17.9 Å². The maximum atomic E-state index is 13.4. The summed E-state index contributed by atoms with van der Waals surface area (Å²) in [6.07, 6.45) is 0.633. The molecule has 1 aliphatic heterocycles. The second-order valence-electron chi connectivity index (χ2n) is 12.1. The van der Waals surface area contributed by atoms with Crippen LogP contribution in [-0.4, -0.2) is 56.7 Å². The molecule has 3 aromatic carbocycles. The number of aryl methyl sites for hydroxylation is 1. The van der Waals surface area contributed by atoms with Gasteiger partial charge in [-0.1, -0.05) is 62.7 Å². The van der Waals surface area contributed by atoms with Crippen LogP contribution in [0.5, 0.6) is 11.6 Å². The van der Waals surface area contributed by atoms with Gasteiger partial charge in [0.05, 0.1) is 36.8 Å². The number of nitrogens with two attached hydrogens (primary N) is 1. The Labute approximate surface area is 271 Å². The van der Waals surface area contributed by atoms with E-state index >= 15 is 0 Å². The molecule has 0 saturated carbocycles. The van der Waals surface area contributed by atoms with E-state index in [1.54, 1.807) is 29.1 Å². The average Bonchev–Trinajstić information content (AvgIpc) is 3.47. The molecule has 13 nitrogen and oxygen atoms in total. The van der Waals surface area contributed by atoms with Crippen molar-refractivity contribution in [2.45, 2.75) is 39.2 Å². The molecule has 1 saturated heterocycles. The second-order valence-corrected chi connectivity index (χ2v) is 12.1. The molecule has 4 N–H and O–H groups in total. The van der Waals surface area contributed by atoms with Crippen LogP contribution in [-0.2, 0) is 15.0 Å². The summed E-state index contributed by atoms with van der Waals surface area (Å²) in [6, 6.07) is 21.6. The van der Waals surface area contributed by atoms with E-state index in [2.05, 4.69) is 41.4 Å². The molecule has 1 atom stereocenters. The molecule has 1 aliphatic rings. The molecule has 242 valence electrons. The van der Waals surface area contributed by atoms with Gasteiger partial charge in [-0.15, -0.1) is 5.06 Å². The number of benzene rings is 3. The molecule has 1 unspecified atom stereocenters. The third-order valence-corrected chi connectivity index (χ3v) is 7.58. The van der Waals surface area contributed by atoms with Crippen molar-refractivity contribution in [3.63, 3.8) is 0 Å². The summed E-state index contributed by atoms with van der Waals surface area (Å²) < 4.78 is 13.5. The lowest BCUT2D eigenvalue weighted by Gasteiger charge is -2.31. The number of nitrogens with zero attached hydrogens (tertiary/aromatic N) is 5. The van der Waals surface area contributed by atoms with Gasteiger partial charge >= 0.3 is 12.1 Å². The van der Waals surface area contributed by atoms with Crippen molar-refractivity contribution in [2.24, 2.45) is 5.73 Å². The Morgan fingerprint density at radius 3 is 2.51 bits per heavy atom. The lowest BCUT2D eigenvalue weighted by Crippen LogP contribution is -2.42. The van der Waals surface area contributed by atoms with E-state index in [0.29, 0.717) is 36.2 Å². The first kappa shape index (κ1) is 31.5. The molecule has 13 heteroatoms. The van der Waals surface area contributed by atoms with Gasteiger partial charge in [-0.25, -0.2) is 19.3 Å². The van der Waals surface area contributed by atoms with E-state index < -0.39 is 18.2 Å². The lowest BCUT2D eigenvalue weighted by molar-refractivity contribution is -0.183. The zero-order valence-electron chi connectivity index (χ0n) is 26.6. The number of anilines is 2. The molecular formula is C34H36N8O5. The molecule has 47 heavy (non-hydrogen) atoms. The number of nitrogens with one attached hydrogen (secondary N) is 2. The number of fused-ring (bicyclic) bond motifs is 1. The summed E-state index contributed by atoms with van der Waals surface area (Å²) in [7, 11) is 0. The number of amides is 3. The molecule has 0 aliphatic carbocycles. The number of ether oxygens (including phenoxy) is 2. The van der Waals surface area contributed by atoms with Gasteiger partial charge in [0, 0.05) is 34.5 Å². The summed E-state index contributed by atoms with van der Waals surface area (Å²) >= 11 is 0. The number of carbonyl (C=O) groups excluding carboxylic acids is 2. The number of morpholine rings is 1. The number of hydrogen-bond donors (Lipinski definition) is 3. The van der Waals surface area contributed by atoms with Crippen molar-refractivity contribution < 1.29 is 23.9 Å². The predicted molar refractivity (Wildman–Crippen MR) is 177 cm³/mol. The standard InChI is InChI=1S/C34H36N8O5/c1-21-9-11-22(12-10-21)42-29(19-28(40-42)34(2,3)4)38-33(44)37-25-13-14-27(24-8-6-5-7-23(24)25)46-30-15-16-36-31(39-30)26-20-45-18-17-41(26)47-32(35)43/h5-16,19,26H,17-18,20H2,1-4H3,(H2,35,43)(H2,37,38,44). The Balaban J connectivity index is 1.23. The molecule has 2 aromatic heterocycles. The van der Waals surface area contributed by atoms with E-state index in [9.17, 15) is 9.59 Å². The van der Waals surface area contributed by atoms with Crippen LogP contribution in [0.2, 0.25) is 0 Å². The summed E-state index contributed by atoms with van der Waals surface area (Å²) in [6.45, 7) is 9.16. The molecule has 0 radical (unpaired) electrons. The van der Waals surface area contributed by atoms with Crippen LogP contribution in [0.15, 0.2) is 79.0 Å². The minimum atomic E-state index is -0.926. The molecule has 3 amide bonds. The van der Waals surface area contributed by atoms with Crippen LogP contribution in [0.1, 0.15) is 43.9 Å². The van der Waals surface area contributed by atoms with Gasteiger partial charge in [-0.3, -0.25) is 5.32 Å². The van der Waals surface area contributed by atoms with E-state index in [0.717, 1.165) is 27.7 Å². The van der Waals surface area contributed by atoms with Crippen LogP contribution >= 0.6 is 0 Å². The van der Waals surface area contributed by atoms with Crippen LogP contribution in [0.3, 0.4) is 0 Å². The van der Waals surface area contributed by atoms with Crippen molar-refractivity contribution in [3.8, 4) is 17.3 Å². The Morgan fingerprint density at radius 1 is 1.00 bits per heavy atom. The minimum Gasteiger partial charge on any atom is -0.438 e. The van der Waals surface area contributed by atoms with Crippen molar-refractivity contribution in [2.75, 3.05) is 30.4 Å². The van der Waals surface area contributed by atoms with Gasteiger partial charge < -0.3 is 25.4 Å². The van der Waals surface area contributed by atoms with Crippen LogP contribution in [0.4, 0.5) is 21.1 Å². The fourth-order valence-electron chi connectivity index (χ4n) is 5.16. The van der Waals surface area contributed by atoms with Crippen molar-refractivity contribution in [3.05, 3.63) is 96.1 Å². The van der Waals surface area contributed by atoms with Crippen molar-refractivity contribution in [1.29, 1.82) is 0 Å². The summed E-state index contributed by atoms with van der Waals surface area (Å²) in [5.74, 6) is 1.70. The number of carbonyl (C=O) groups is 2. The minimum absolute atomic E-state index is 0.214. The molecule has 0 bridgehead atoms. The summed E-state index contributed by atoms with van der Waals surface area (Å²) in [4.78, 5) is 38.8. The monoisotopic (exact) mass is 636 g/mol. The van der Waals surface area contributed by atoms with Gasteiger partial charge in [-0.05, 0) is 31.2 Å². The average molecular weight is 637 g/mol. The van der Waals surface area contributed by atoms with E-state index in [4.69, 9.17) is 25.1 Å². The fourth-order valence-corrected chi connectivity index (χ4v) is 5.16. The Hall–Kier alpha value is -5.53. The summed E-state index contributed by atoms with van der Waals surface area (Å²) in [5, 5.41) is 13.7. The molecule has 1 fully saturated rings. The smallest absolute Gasteiger partial charge is 0.423 e. The second kappa shape index (κ2) is 13.1. The topological polar surface area (TPSA) is 159 Å². The largest absolute Gasteiger partial charge is 0.438 e. The number of urea groups is 1. The Bertz CT molecular complexity index is 1920. The van der Waals surface area contributed by atoms with Gasteiger partial charge in [0.1, 0.15) is 17.6 Å². The normalized spacial score (nSPS) is 15.3. The zero-order valence-corrected chi connectivity index (χ0v) is 26.6. The highest BCUT2D eigenvalue weighted by Crippen LogP contribution is 2.35. The SMILES string of the molecule is Cc1ccc(-n2nc(C(C)(C)C)cc2NC(=O)Nc2ccc(Oc3ccnc(C4COCCN4OC(N)=O)n3)c3ccccc23)cc1. The van der Waals surface area contributed by atoms with Gasteiger partial charge in [-0.2, -0.15) is 10.1 Å². The maximum Gasteiger partial charge on any atom is 0.423 e. The first-order valence-electron chi connectivity index (χ1n) is 15.1. The highest BCUT2D eigenvalue weighted by atomic mass is 16.7. The molecule has 5 aromatic rings. The number of aromatic nitrogens is 4. The molecular weight excluding hydrogens is 600 g/mol.